The molecule has 0 aliphatic carbocycles. The fourth-order valence-corrected chi connectivity index (χ4v) is 4.67. The summed E-state index contributed by atoms with van der Waals surface area (Å²) in [5, 5.41) is 13.5. The largest absolute Gasteiger partial charge is 0.322 e. The molecule has 2 aromatic heterocycles. The smallest absolute Gasteiger partial charge is 0.253 e. The van der Waals surface area contributed by atoms with Gasteiger partial charge in [0.15, 0.2) is 5.82 Å². The van der Waals surface area contributed by atoms with Crippen LogP contribution in [0, 0.1) is 12.7 Å². The van der Waals surface area contributed by atoms with Gasteiger partial charge in [0, 0.05) is 11.1 Å². The van der Waals surface area contributed by atoms with Crippen LogP contribution in [0.3, 0.4) is 0 Å². The predicted molar refractivity (Wildman–Crippen MR) is 125 cm³/mol. The first-order chi connectivity index (χ1) is 16.1. The van der Waals surface area contributed by atoms with Crippen molar-refractivity contribution in [2.75, 3.05) is 13.1 Å². The summed E-state index contributed by atoms with van der Waals surface area (Å²) >= 11 is 0. The number of likely N-dealkylation sites (tertiary alicyclic amines) is 1. The Morgan fingerprint density at radius 2 is 1.79 bits per heavy atom. The topological polar surface area (TPSA) is 79.7 Å². The molecule has 1 saturated heterocycles. The standard InChI is InChI=1S/C25H27FN6O/c1-17-6-9-19-15-21(25(33)27-22(19)14-17)23(31-12-4-2-3-5-13-31)24-28-29-30-32(24)16-18-7-10-20(26)11-8-18/h6-11,14-15,23H,2-5,12-13,16H2,1H3,(H,27,33). The third-order valence-electron chi connectivity index (χ3n) is 6.38. The highest BCUT2D eigenvalue weighted by atomic mass is 19.1. The van der Waals surface area contributed by atoms with E-state index in [1.165, 1.54) is 25.0 Å². The van der Waals surface area contributed by atoms with Crippen LogP contribution in [0.1, 0.15) is 54.2 Å². The van der Waals surface area contributed by atoms with Gasteiger partial charge in [-0.15, -0.1) is 5.10 Å². The molecule has 0 bridgehead atoms. The second kappa shape index (κ2) is 9.23. The summed E-state index contributed by atoms with van der Waals surface area (Å²) in [6.45, 7) is 4.16. The third kappa shape index (κ3) is 4.57. The SMILES string of the molecule is Cc1ccc2cc(C(c3nnnn3Cc3ccc(F)cc3)N3CCCCCC3)c(=O)[nH]c2c1. The molecule has 0 spiro atoms. The fraction of sp³-hybridized carbons (Fsp3) is 0.360. The van der Waals surface area contributed by atoms with Gasteiger partial charge in [-0.05, 0) is 84.1 Å². The van der Waals surface area contributed by atoms with E-state index in [1.807, 2.05) is 31.2 Å². The predicted octanol–water partition coefficient (Wildman–Crippen LogP) is 3.98. The Balaban J connectivity index is 1.61. The second-order valence-corrected chi connectivity index (χ2v) is 8.82. The van der Waals surface area contributed by atoms with Gasteiger partial charge in [-0.1, -0.05) is 37.1 Å². The Hall–Kier alpha value is -3.39. The zero-order valence-corrected chi connectivity index (χ0v) is 18.7. The minimum Gasteiger partial charge on any atom is -0.322 e. The average Bonchev–Trinajstić information content (AvgIpc) is 3.08. The number of nitrogens with zero attached hydrogens (tertiary/aromatic N) is 5. The highest BCUT2D eigenvalue weighted by Crippen LogP contribution is 2.29. The summed E-state index contributed by atoms with van der Waals surface area (Å²) in [5.74, 6) is 0.342. The lowest BCUT2D eigenvalue weighted by Crippen LogP contribution is -2.36. The number of aromatic amines is 1. The van der Waals surface area contributed by atoms with Gasteiger partial charge < -0.3 is 4.98 Å². The van der Waals surface area contributed by atoms with Crippen LogP contribution >= 0.6 is 0 Å². The van der Waals surface area contributed by atoms with Crippen molar-refractivity contribution in [1.82, 2.24) is 30.1 Å². The molecular weight excluding hydrogens is 419 g/mol. The van der Waals surface area contributed by atoms with Crippen LogP contribution in [0.2, 0.25) is 0 Å². The van der Waals surface area contributed by atoms with Gasteiger partial charge in [-0.25, -0.2) is 9.07 Å². The number of tetrazole rings is 1. The number of pyridine rings is 1. The Kier molecular flexibility index (Phi) is 6.00. The molecule has 3 heterocycles. The number of hydrogen-bond donors (Lipinski definition) is 1. The van der Waals surface area contributed by atoms with Crippen LogP contribution in [0.4, 0.5) is 4.39 Å². The Bertz CT molecular complexity index is 1300. The number of hydrogen-bond acceptors (Lipinski definition) is 5. The molecule has 1 atom stereocenters. The van der Waals surface area contributed by atoms with Crippen molar-refractivity contribution in [2.24, 2.45) is 0 Å². The number of rotatable bonds is 5. The lowest BCUT2D eigenvalue weighted by molar-refractivity contribution is 0.220. The van der Waals surface area contributed by atoms with Crippen molar-refractivity contribution < 1.29 is 4.39 Å². The van der Waals surface area contributed by atoms with Crippen molar-refractivity contribution >= 4 is 10.9 Å². The first-order valence-electron chi connectivity index (χ1n) is 11.5. The molecule has 0 amide bonds. The molecule has 1 aliphatic heterocycles. The molecule has 7 nitrogen and oxygen atoms in total. The van der Waals surface area contributed by atoms with Crippen LogP contribution in [-0.2, 0) is 6.54 Å². The van der Waals surface area contributed by atoms with E-state index in [0.29, 0.717) is 17.9 Å². The van der Waals surface area contributed by atoms with Crippen LogP contribution in [0.5, 0.6) is 0 Å². The van der Waals surface area contributed by atoms with Crippen molar-refractivity contribution in [3.63, 3.8) is 0 Å². The minimum atomic E-state index is -0.368. The number of aromatic nitrogens is 5. The van der Waals surface area contributed by atoms with Crippen LogP contribution in [0.25, 0.3) is 10.9 Å². The van der Waals surface area contributed by atoms with E-state index in [9.17, 15) is 9.18 Å². The molecule has 5 rings (SSSR count). The summed E-state index contributed by atoms with van der Waals surface area (Å²) in [4.78, 5) is 18.7. The third-order valence-corrected chi connectivity index (χ3v) is 6.38. The van der Waals surface area contributed by atoms with Gasteiger partial charge in [-0.2, -0.15) is 0 Å². The quantitative estimate of drug-likeness (QED) is 0.502. The summed E-state index contributed by atoms with van der Waals surface area (Å²) in [6, 6.07) is 14.0. The lowest BCUT2D eigenvalue weighted by atomic mass is 10.0. The number of fused-ring (bicyclic) bond motifs is 1. The van der Waals surface area contributed by atoms with Gasteiger partial charge in [0.25, 0.3) is 5.56 Å². The van der Waals surface area contributed by atoms with Crippen molar-refractivity contribution in [2.45, 2.75) is 45.2 Å². The van der Waals surface area contributed by atoms with Gasteiger partial charge in [0.05, 0.1) is 6.54 Å². The van der Waals surface area contributed by atoms with Gasteiger partial charge >= 0.3 is 0 Å². The molecule has 170 valence electrons. The maximum atomic E-state index is 13.4. The van der Waals surface area contributed by atoms with Gasteiger partial charge in [0.2, 0.25) is 0 Å². The van der Waals surface area contributed by atoms with E-state index in [0.717, 1.165) is 48.0 Å². The highest BCUT2D eigenvalue weighted by Gasteiger charge is 2.30. The summed E-state index contributed by atoms with van der Waals surface area (Å²) < 4.78 is 15.1. The van der Waals surface area contributed by atoms with Crippen LogP contribution < -0.4 is 5.56 Å². The molecule has 1 aliphatic rings. The molecular formula is C25H27FN6O. The molecule has 1 unspecified atom stereocenters. The monoisotopic (exact) mass is 446 g/mol. The Morgan fingerprint density at radius 1 is 1.03 bits per heavy atom. The molecule has 1 N–H and O–H groups in total. The number of halogens is 1. The number of aryl methyl sites for hydroxylation is 1. The number of benzene rings is 2. The number of H-pyrrole nitrogens is 1. The van der Waals surface area contributed by atoms with E-state index >= 15 is 0 Å². The van der Waals surface area contributed by atoms with Crippen LogP contribution in [-0.4, -0.2) is 43.2 Å². The molecule has 0 radical (unpaired) electrons. The number of nitrogens with one attached hydrogen (secondary N) is 1. The Labute approximate surface area is 191 Å². The first-order valence-corrected chi connectivity index (χ1v) is 11.5. The molecule has 33 heavy (non-hydrogen) atoms. The molecule has 2 aromatic carbocycles. The van der Waals surface area contributed by atoms with E-state index in [-0.39, 0.29) is 17.4 Å². The second-order valence-electron chi connectivity index (χ2n) is 8.82. The maximum Gasteiger partial charge on any atom is 0.253 e. The zero-order valence-electron chi connectivity index (χ0n) is 18.7. The Morgan fingerprint density at radius 3 is 2.55 bits per heavy atom. The highest BCUT2D eigenvalue weighted by molar-refractivity contribution is 5.79. The van der Waals surface area contributed by atoms with E-state index in [4.69, 9.17) is 0 Å². The zero-order chi connectivity index (χ0) is 22.8. The summed E-state index contributed by atoms with van der Waals surface area (Å²) in [6.07, 6.45) is 4.50. The molecule has 1 fully saturated rings. The molecule has 4 aromatic rings. The lowest BCUT2D eigenvalue weighted by Gasteiger charge is -2.29. The van der Waals surface area contributed by atoms with E-state index < -0.39 is 0 Å². The van der Waals surface area contributed by atoms with Gasteiger partial charge in [-0.3, -0.25) is 9.69 Å². The van der Waals surface area contributed by atoms with E-state index in [1.54, 1.807) is 16.8 Å². The van der Waals surface area contributed by atoms with Crippen LogP contribution in [0.15, 0.2) is 53.3 Å². The minimum absolute atomic E-state index is 0.126. The maximum absolute atomic E-state index is 13.4. The van der Waals surface area contributed by atoms with Crippen molar-refractivity contribution in [1.29, 1.82) is 0 Å². The van der Waals surface area contributed by atoms with E-state index in [2.05, 4.69) is 25.4 Å². The first kappa shape index (κ1) is 21.5. The van der Waals surface area contributed by atoms with Gasteiger partial charge in [0.1, 0.15) is 11.9 Å². The summed E-state index contributed by atoms with van der Waals surface area (Å²) in [5.41, 5.74) is 3.33. The summed E-state index contributed by atoms with van der Waals surface area (Å²) in [7, 11) is 0. The van der Waals surface area contributed by atoms with Crippen molar-refractivity contribution in [3.05, 3.63) is 87.2 Å². The fourth-order valence-electron chi connectivity index (χ4n) is 4.67. The molecule has 8 heteroatoms. The van der Waals surface area contributed by atoms with Crippen molar-refractivity contribution in [3.8, 4) is 0 Å². The molecule has 0 saturated carbocycles. The normalized spacial score (nSPS) is 16.1. The average molecular weight is 447 g/mol.